The SMILES string of the molecule is C/C(=N\OC(=O)c1cnn2c(C(F)F)cc(-c3ccccc3)nc12)c1ccccc1. The zero-order valence-corrected chi connectivity index (χ0v) is 15.9. The number of carbonyl (C=O) groups excluding carboxylic acids is 1. The largest absolute Gasteiger partial charge is 0.371 e. The predicted octanol–water partition coefficient (Wildman–Crippen LogP) is 4.91. The van der Waals surface area contributed by atoms with Gasteiger partial charge in [-0.15, -0.1) is 0 Å². The molecule has 2 heterocycles. The number of fused-ring (bicyclic) bond motifs is 1. The van der Waals surface area contributed by atoms with E-state index in [0.29, 0.717) is 17.0 Å². The first kappa shape index (κ1) is 19.4. The summed E-state index contributed by atoms with van der Waals surface area (Å²) in [7, 11) is 0. The number of nitrogens with zero attached hydrogens (tertiary/aromatic N) is 4. The number of rotatable bonds is 5. The van der Waals surface area contributed by atoms with E-state index in [1.165, 1.54) is 6.07 Å². The monoisotopic (exact) mass is 406 g/mol. The standard InChI is InChI=1S/C22H16F2N4O2/c1-14(15-8-4-2-5-9-15)27-30-22(29)17-13-25-28-19(20(23)24)12-18(26-21(17)28)16-10-6-3-7-11-16/h2-13,20H,1H3/b27-14+. The van der Waals surface area contributed by atoms with Gasteiger partial charge in [0.2, 0.25) is 0 Å². The second kappa shape index (κ2) is 8.20. The van der Waals surface area contributed by atoms with E-state index in [9.17, 15) is 13.6 Å². The first-order chi connectivity index (χ1) is 14.5. The van der Waals surface area contributed by atoms with Gasteiger partial charge in [0.25, 0.3) is 6.43 Å². The van der Waals surface area contributed by atoms with Gasteiger partial charge in [-0.3, -0.25) is 0 Å². The molecule has 0 aliphatic carbocycles. The number of aromatic nitrogens is 3. The van der Waals surface area contributed by atoms with Crippen molar-refractivity contribution in [2.75, 3.05) is 0 Å². The quantitative estimate of drug-likeness (QED) is 0.268. The Morgan fingerprint density at radius 1 is 1.07 bits per heavy atom. The molecule has 0 aliphatic rings. The van der Waals surface area contributed by atoms with Crippen LogP contribution in [0.5, 0.6) is 0 Å². The Morgan fingerprint density at radius 3 is 2.40 bits per heavy atom. The molecule has 0 fully saturated rings. The molecule has 0 N–H and O–H groups in total. The molecule has 150 valence electrons. The van der Waals surface area contributed by atoms with Crippen LogP contribution in [0.1, 0.15) is 35.0 Å². The van der Waals surface area contributed by atoms with E-state index in [-0.39, 0.29) is 16.9 Å². The van der Waals surface area contributed by atoms with Crippen molar-refractivity contribution in [2.45, 2.75) is 13.3 Å². The van der Waals surface area contributed by atoms with Gasteiger partial charge >= 0.3 is 5.97 Å². The molecule has 8 heteroatoms. The maximum absolute atomic E-state index is 13.6. The Bertz CT molecular complexity index is 1220. The number of alkyl halides is 2. The van der Waals surface area contributed by atoms with Crippen molar-refractivity contribution < 1.29 is 18.4 Å². The van der Waals surface area contributed by atoms with Gasteiger partial charge in [-0.2, -0.15) is 5.10 Å². The molecule has 0 atom stereocenters. The van der Waals surface area contributed by atoms with Crippen molar-refractivity contribution in [2.24, 2.45) is 5.16 Å². The normalized spacial score (nSPS) is 11.8. The molecule has 0 bridgehead atoms. The molecule has 2 aromatic carbocycles. The van der Waals surface area contributed by atoms with Crippen LogP contribution in [0.3, 0.4) is 0 Å². The molecule has 0 saturated heterocycles. The van der Waals surface area contributed by atoms with E-state index < -0.39 is 12.4 Å². The first-order valence-electron chi connectivity index (χ1n) is 9.08. The minimum Gasteiger partial charge on any atom is -0.312 e. The van der Waals surface area contributed by atoms with Gasteiger partial charge in [-0.1, -0.05) is 65.8 Å². The Labute approximate surface area is 170 Å². The minimum absolute atomic E-state index is 0.0239. The third kappa shape index (κ3) is 3.80. The second-order valence-corrected chi connectivity index (χ2v) is 6.45. The highest BCUT2D eigenvalue weighted by molar-refractivity contribution is 6.00. The molecule has 0 spiro atoms. The number of halogens is 2. The molecule has 6 nitrogen and oxygen atoms in total. The van der Waals surface area contributed by atoms with Crippen molar-refractivity contribution >= 4 is 17.3 Å². The van der Waals surface area contributed by atoms with Crippen LogP contribution in [-0.4, -0.2) is 26.3 Å². The number of benzene rings is 2. The van der Waals surface area contributed by atoms with Crippen LogP contribution in [0.15, 0.2) is 78.1 Å². The molecule has 0 radical (unpaired) electrons. The van der Waals surface area contributed by atoms with Crippen LogP contribution < -0.4 is 0 Å². The lowest BCUT2D eigenvalue weighted by molar-refractivity contribution is 0.0518. The smallest absolute Gasteiger partial charge is 0.312 e. The molecular weight excluding hydrogens is 390 g/mol. The van der Waals surface area contributed by atoms with Crippen molar-refractivity contribution in [3.8, 4) is 11.3 Å². The van der Waals surface area contributed by atoms with Crippen LogP contribution >= 0.6 is 0 Å². The average Bonchev–Trinajstić information content (AvgIpc) is 3.21. The summed E-state index contributed by atoms with van der Waals surface area (Å²) in [5.41, 5.74) is 1.77. The molecule has 0 saturated carbocycles. The Morgan fingerprint density at radius 2 is 1.73 bits per heavy atom. The minimum atomic E-state index is -2.81. The van der Waals surface area contributed by atoms with Crippen molar-refractivity contribution in [1.82, 2.24) is 14.6 Å². The van der Waals surface area contributed by atoms with Crippen LogP contribution in [0.25, 0.3) is 16.9 Å². The summed E-state index contributed by atoms with van der Waals surface area (Å²) in [5.74, 6) is -0.835. The summed E-state index contributed by atoms with van der Waals surface area (Å²) in [5, 5.41) is 7.76. The lowest BCUT2D eigenvalue weighted by Crippen LogP contribution is -2.07. The van der Waals surface area contributed by atoms with E-state index in [1.807, 2.05) is 36.4 Å². The van der Waals surface area contributed by atoms with Crippen LogP contribution in [0.2, 0.25) is 0 Å². The lowest BCUT2D eigenvalue weighted by Gasteiger charge is -2.08. The summed E-state index contributed by atoms with van der Waals surface area (Å²) < 4.78 is 28.2. The van der Waals surface area contributed by atoms with Crippen LogP contribution in [-0.2, 0) is 4.84 Å². The first-order valence-corrected chi connectivity index (χ1v) is 9.08. The van der Waals surface area contributed by atoms with E-state index in [0.717, 1.165) is 16.3 Å². The van der Waals surface area contributed by atoms with Gasteiger partial charge < -0.3 is 4.84 Å². The third-order valence-corrected chi connectivity index (χ3v) is 4.47. The van der Waals surface area contributed by atoms with E-state index in [4.69, 9.17) is 4.84 Å². The zero-order valence-electron chi connectivity index (χ0n) is 15.9. The number of oxime groups is 1. The summed E-state index contributed by atoms with van der Waals surface area (Å²) >= 11 is 0. The molecule has 0 amide bonds. The Hall–Kier alpha value is -3.94. The summed E-state index contributed by atoms with van der Waals surface area (Å²) in [4.78, 5) is 22.0. The predicted molar refractivity (Wildman–Crippen MR) is 107 cm³/mol. The highest BCUT2D eigenvalue weighted by Gasteiger charge is 2.22. The van der Waals surface area contributed by atoms with E-state index in [2.05, 4.69) is 15.2 Å². The molecule has 4 rings (SSSR count). The van der Waals surface area contributed by atoms with Gasteiger partial charge in [0, 0.05) is 5.56 Å². The van der Waals surface area contributed by atoms with Crippen molar-refractivity contribution in [3.63, 3.8) is 0 Å². The molecule has 2 aromatic heterocycles. The highest BCUT2D eigenvalue weighted by atomic mass is 19.3. The van der Waals surface area contributed by atoms with Crippen LogP contribution in [0.4, 0.5) is 8.78 Å². The molecule has 4 aromatic rings. The average molecular weight is 406 g/mol. The van der Waals surface area contributed by atoms with E-state index >= 15 is 0 Å². The van der Waals surface area contributed by atoms with Gasteiger partial charge in [-0.05, 0) is 18.6 Å². The fourth-order valence-corrected chi connectivity index (χ4v) is 2.93. The molecule has 0 unspecified atom stereocenters. The fraction of sp³-hybridized carbons (Fsp3) is 0.0909. The Kier molecular flexibility index (Phi) is 5.30. The summed E-state index contributed by atoms with van der Waals surface area (Å²) in [6.07, 6.45) is -1.65. The van der Waals surface area contributed by atoms with Gasteiger partial charge in [0.1, 0.15) is 11.3 Å². The summed E-state index contributed by atoms with van der Waals surface area (Å²) in [6, 6.07) is 19.3. The Balaban J connectivity index is 1.72. The summed E-state index contributed by atoms with van der Waals surface area (Å²) in [6.45, 7) is 1.69. The van der Waals surface area contributed by atoms with Crippen molar-refractivity contribution in [3.05, 3.63) is 89.7 Å². The third-order valence-electron chi connectivity index (χ3n) is 4.47. The second-order valence-electron chi connectivity index (χ2n) is 6.45. The number of carbonyl (C=O) groups is 1. The van der Waals surface area contributed by atoms with Gasteiger partial charge in [0.05, 0.1) is 17.6 Å². The maximum atomic E-state index is 13.6. The molecule has 30 heavy (non-hydrogen) atoms. The number of hydrogen-bond acceptors (Lipinski definition) is 5. The lowest BCUT2D eigenvalue weighted by atomic mass is 10.1. The highest BCUT2D eigenvalue weighted by Crippen LogP contribution is 2.27. The van der Waals surface area contributed by atoms with Gasteiger partial charge in [0.15, 0.2) is 5.65 Å². The maximum Gasteiger partial charge on any atom is 0.371 e. The van der Waals surface area contributed by atoms with Crippen molar-refractivity contribution in [1.29, 1.82) is 0 Å². The molecule has 0 aliphatic heterocycles. The fourth-order valence-electron chi connectivity index (χ4n) is 2.93. The van der Waals surface area contributed by atoms with Crippen LogP contribution in [0, 0.1) is 0 Å². The number of hydrogen-bond donors (Lipinski definition) is 0. The topological polar surface area (TPSA) is 68.8 Å². The van der Waals surface area contributed by atoms with E-state index in [1.54, 1.807) is 31.2 Å². The zero-order chi connectivity index (χ0) is 21.1. The molecular formula is C22H16F2N4O2. The van der Waals surface area contributed by atoms with Gasteiger partial charge in [-0.25, -0.2) is 23.1 Å².